The number of rotatable bonds is 89. The topological polar surface area (TPSA) is 170 Å². The Morgan fingerprint density at radius 3 is 0.781 bits per heavy atom. The van der Waals surface area contributed by atoms with Gasteiger partial charge in [0.15, 0.2) is 0 Å². The summed E-state index contributed by atoms with van der Waals surface area (Å²) in [7, 11) is 0. The lowest BCUT2D eigenvalue weighted by Crippen LogP contribution is -2.38. The number of carbonyl (C=O) groups excluding carboxylic acids is 6. The van der Waals surface area contributed by atoms with Crippen LogP contribution < -0.4 is 10.6 Å². The normalized spacial score (nSPS) is 12.5. The van der Waals surface area contributed by atoms with Gasteiger partial charge in [-0.25, -0.2) is 0 Å². The lowest BCUT2D eigenvalue weighted by Gasteiger charge is -2.27. The highest BCUT2D eigenvalue weighted by atomic mass is 16.6. The van der Waals surface area contributed by atoms with Crippen molar-refractivity contribution in [2.75, 3.05) is 52.4 Å². The monoisotopic (exact) mass is 1610 g/mol. The van der Waals surface area contributed by atoms with Crippen molar-refractivity contribution in [2.45, 2.75) is 544 Å². The Kier molecular flexibility index (Phi) is 78.5. The molecule has 2 amide bonds. The molecule has 2 N–H and O–H groups in total. The predicted molar refractivity (Wildman–Crippen MR) is 485 cm³/mol. The standard InChI is InChI=1S/C100H194N4O10/c1-13-21-27-33-39-41-48-55-69-89(19-7)111-95(107)76-62-54-67-85-103(84-66-53-51-63-79-99(9,10)98(110)114-92(73-59-46-37-31-25-17-5)74-60-47-38-32-26-18-6)87-81-101-93(105)77-78-94(106)102-82-88-104(86-68-64-80-100(11,12)97(109)113-90(20-8)70-56-49-42-40-34-28-22-14-2)83-65-52-43-50-61-75-96(108)112-91(71-57-44-35-29-23-15-3)72-58-45-36-30-24-16-4/h89-92H,13-88H2,1-12H3,(H,101,105)(H,102,106). The highest BCUT2D eigenvalue weighted by molar-refractivity contribution is 5.83. The second-order valence-corrected chi connectivity index (χ2v) is 36.4. The number of ether oxygens (including phenoxy) is 4. The van der Waals surface area contributed by atoms with Gasteiger partial charge in [-0.05, 0) is 195 Å². The molecule has 0 aromatic heterocycles. The second-order valence-electron chi connectivity index (χ2n) is 36.4. The number of nitrogens with one attached hydrogen (secondary N) is 2. The fraction of sp³-hybridized carbons (Fsp3) is 0.940. The van der Waals surface area contributed by atoms with Gasteiger partial charge in [-0.2, -0.15) is 0 Å². The van der Waals surface area contributed by atoms with Crippen LogP contribution in [0.15, 0.2) is 0 Å². The summed E-state index contributed by atoms with van der Waals surface area (Å²) in [5.74, 6) is -0.473. The molecule has 114 heavy (non-hydrogen) atoms. The summed E-state index contributed by atoms with van der Waals surface area (Å²) < 4.78 is 24.7. The van der Waals surface area contributed by atoms with Gasteiger partial charge in [-0.3, -0.25) is 28.8 Å². The Labute approximate surface area is 707 Å². The summed E-state index contributed by atoms with van der Waals surface area (Å²) in [6, 6.07) is 0. The van der Waals surface area contributed by atoms with E-state index in [0.29, 0.717) is 39.0 Å². The van der Waals surface area contributed by atoms with Crippen molar-refractivity contribution < 1.29 is 47.7 Å². The van der Waals surface area contributed by atoms with Gasteiger partial charge in [-0.1, -0.05) is 325 Å². The molecular formula is C100H194N4O10. The van der Waals surface area contributed by atoms with Crippen molar-refractivity contribution in [2.24, 2.45) is 10.8 Å². The molecule has 14 nitrogen and oxygen atoms in total. The van der Waals surface area contributed by atoms with Gasteiger partial charge in [0.25, 0.3) is 0 Å². The molecule has 0 aromatic carbocycles. The fourth-order valence-electron chi connectivity index (χ4n) is 16.0. The molecule has 674 valence electrons. The number of esters is 4. The lowest BCUT2D eigenvalue weighted by molar-refractivity contribution is -0.161. The molecule has 0 bridgehead atoms. The zero-order chi connectivity index (χ0) is 83.9. The first kappa shape index (κ1) is 111. The first-order chi connectivity index (χ1) is 55.3. The van der Waals surface area contributed by atoms with Crippen LogP contribution in [0, 0.1) is 10.8 Å². The summed E-state index contributed by atoms with van der Waals surface area (Å²) in [5.41, 5.74) is -1.10. The largest absolute Gasteiger partial charge is 0.462 e. The van der Waals surface area contributed by atoms with Crippen molar-refractivity contribution in [1.82, 2.24) is 20.4 Å². The minimum absolute atomic E-state index is 0.00571. The average Bonchev–Trinajstić information content (AvgIpc) is 0.877. The molecule has 14 heteroatoms. The van der Waals surface area contributed by atoms with Gasteiger partial charge in [0.2, 0.25) is 11.8 Å². The molecule has 0 fully saturated rings. The van der Waals surface area contributed by atoms with Crippen LogP contribution in [0.5, 0.6) is 0 Å². The Morgan fingerprint density at radius 1 is 0.246 bits per heavy atom. The van der Waals surface area contributed by atoms with Crippen LogP contribution in [0.2, 0.25) is 0 Å². The fourth-order valence-corrected chi connectivity index (χ4v) is 16.0. The molecular weight excluding hydrogens is 1420 g/mol. The van der Waals surface area contributed by atoms with E-state index >= 15 is 0 Å². The molecule has 0 radical (unpaired) electrons. The summed E-state index contributed by atoms with van der Waals surface area (Å²) in [5, 5.41) is 6.28. The van der Waals surface area contributed by atoms with E-state index in [0.717, 1.165) is 219 Å². The van der Waals surface area contributed by atoms with Crippen molar-refractivity contribution in [3.63, 3.8) is 0 Å². The number of carbonyl (C=O) groups is 6. The SMILES string of the molecule is CCCCCCCCCCC(CC)OC(=O)CCCCCN(CCCCCCC(C)(C)C(=O)OC(CCCCCCCC)CCCCCCCC)CCNC(=O)CCC(=O)NCCN(CCCCCCCC(=O)OC(CCCCCCCC)CCCCCCCC)CCCCC(C)(C)C(=O)OC(CC)CCCCCCCCCC. The molecule has 0 aliphatic rings. The van der Waals surface area contributed by atoms with Gasteiger partial charge in [0.05, 0.1) is 10.8 Å². The summed E-state index contributed by atoms with van der Waals surface area (Å²) in [6.07, 6.45) is 74.0. The van der Waals surface area contributed by atoms with E-state index in [2.05, 4.69) is 89.7 Å². The highest BCUT2D eigenvalue weighted by Crippen LogP contribution is 2.31. The Morgan fingerprint density at radius 2 is 0.465 bits per heavy atom. The van der Waals surface area contributed by atoms with Crippen LogP contribution in [0.1, 0.15) is 520 Å². The average molecular weight is 1610 g/mol. The molecule has 0 spiro atoms. The molecule has 2 unspecified atom stereocenters. The van der Waals surface area contributed by atoms with Crippen LogP contribution in [0.3, 0.4) is 0 Å². The Balaban J connectivity index is 5.79. The van der Waals surface area contributed by atoms with E-state index in [1.54, 1.807) is 0 Å². The van der Waals surface area contributed by atoms with Crippen molar-refractivity contribution in [3.05, 3.63) is 0 Å². The van der Waals surface area contributed by atoms with E-state index in [1.165, 1.54) is 218 Å². The molecule has 0 rings (SSSR count). The van der Waals surface area contributed by atoms with Gasteiger partial charge < -0.3 is 39.4 Å². The van der Waals surface area contributed by atoms with Crippen molar-refractivity contribution in [3.8, 4) is 0 Å². The zero-order valence-electron chi connectivity index (χ0n) is 78.0. The van der Waals surface area contributed by atoms with Crippen LogP contribution >= 0.6 is 0 Å². The highest BCUT2D eigenvalue weighted by Gasteiger charge is 2.32. The number of hydrogen-bond donors (Lipinski definition) is 2. The Bertz CT molecular complexity index is 2140. The number of nitrogens with zero attached hydrogens (tertiary/aromatic N) is 2. The minimum Gasteiger partial charge on any atom is -0.462 e. The van der Waals surface area contributed by atoms with Gasteiger partial charge >= 0.3 is 23.9 Å². The number of amides is 2. The summed E-state index contributed by atoms with van der Waals surface area (Å²) in [4.78, 5) is 85.4. The number of unbranched alkanes of at least 4 members (excludes halogenated alkanes) is 44. The maximum absolute atomic E-state index is 13.8. The second kappa shape index (κ2) is 80.8. The first-order valence-electron chi connectivity index (χ1n) is 50.1. The zero-order valence-corrected chi connectivity index (χ0v) is 78.0. The summed E-state index contributed by atoms with van der Waals surface area (Å²) >= 11 is 0. The van der Waals surface area contributed by atoms with Gasteiger partial charge in [0.1, 0.15) is 24.4 Å². The Hall–Kier alpha value is -3.26. The molecule has 0 aliphatic heterocycles. The van der Waals surface area contributed by atoms with Gasteiger partial charge in [-0.15, -0.1) is 0 Å². The van der Waals surface area contributed by atoms with Crippen LogP contribution in [-0.2, 0) is 47.7 Å². The third-order valence-corrected chi connectivity index (χ3v) is 24.3. The molecule has 0 aromatic rings. The van der Waals surface area contributed by atoms with Crippen LogP contribution in [0.25, 0.3) is 0 Å². The quantitative estimate of drug-likeness (QED) is 0.0336. The molecule has 0 heterocycles. The van der Waals surface area contributed by atoms with E-state index < -0.39 is 10.8 Å². The van der Waals surface area contributed by atoms with E-state index in [1.807, 2.05) is 13.8 Å². The molecule has 0 aliphatic carbocycles. The molecule has 2 atom stereocenters. The van der Waals surface area contributed by atoms with E-state index in [-0.39, 0.29) is 72.9 Å². The van der Waals surface area contributed by atoms with E-state index in [4.69, 9.17) is 18.9 Å². The third-order valence-electron chi connectivity index (χ3n) is 24.3. The molecule has 0 saturated heterocycles. The first-order valence-corrected chi connectivity index (χ1v) is 50.1. The van der Waals surface area contributed by atoms with E-state index in [9.17, 15) is 28.8 Å². The maximum atomic E-state index is 13.8. The number of hydrogen-bond acceptors (Lipinski definition) is 12. The molecule has 0 saturated carbocycles. The van der Waals surface area contributed by atoms with Crippen molar-refractivity contribution in [1.29, 1.82) is 0 Å². The van der Waals surface area contributed by atoms with Crippen molar-refractivity contribution >= 4 is 35.7 Å². The minimum atomic E-state index is -0.570. The predicted octanol–water partition coefficient (Wildman–Crippen LogP) is 28.2. The smallest absolute Gasteiger partial charge is 0.311 e. The third kappa shape index (κ3) is 70.6. The van der Waals surface area contributed by atoms with Crippen LogP contribution in [-0.4, -0.2) is 122 Å². The summed E-state index contributed by atoms with van der Waals surface area (Å²) in [6.45, 7) is 32.0. The lowest BCUT2D eigenvalue weighted by atomic mass is 9.86. The maximum Gasteiger partial charge on any atom is 0.311 e. The van der Waals surface area contributed by atoms with Gasteiger partial charge in [0, 0.05) is 51.9 Å². The van der Waals surface area contributed by atoms with Crippen LogP contribution in [0.4, 0.5) is 0 Å².